The number of hydrogen-bond donors (Lipinski definition) is 1. The second-order valence-corrected chi connectivity index (χ2v) is 6.09. The van der Waals surface area contributed by atoms with Crippen molar-refractivity contribution in [3.63, 3.8) is 0 Å². The Morgan fingerprint density at radius 2 is 2.25 bits per heavy atom. The van der Waals surface area contributed by atoms with Crippen LogP contribution in [-0.4, -0.2) is 27.1 Å². The van der Waals surface area contributed by atoms with E-state index in [1.54, 1.807) is 4.68 Å². The van der Waals surface area contributed by atoms with Gasteiger partial charge in [-0.25, -0.2) is 10.1 Å². The first-order valence-electron chi connectivity index (χ1n) is 7.90. The van der Waals surface area contributed by atoms with Gasteiger partial charge in [-0.1, -0.05) is 24.3 Å². The minimum absolute atomic E-state index is 0.0564. The number of para-hydroxylation sites is 1. The Hall–Kier alpha value is -2.96. The van der Waals surface area contributed by atoms with Crippen LogP contribution in [0, 0.1) is 5.92 Å². The molecule has 1 amide bonds. The predicted molar refractivity (Wildman–Crippen MR) is 88.5 cm³/mol. The van der Waals surface area contributed by atoms with Crippen molar-refractivity contribution in [1.29, 1.82) is 0 Å². The number of hydrogen-bond acceptors (Lipinski definition) is 5. The summed E-state index contributed by atoms with van der Waals surface area (Å²) in [7, 11) is 0. The molecule has 0 spiro atoms. The highest BCUT2D eigenvalue weighted by atomic mass is 16.3. The maximum absolute atomic E-state index is 12.0. The van der Waals surface area contributed by atoms with E-state index in [4.69, 9.17) is 4.42 Å². The van der Waals surface area contributed by atoms with Crippen molar-refractivity contribution in [1.82, 2.24) is 20.4 Å². The van der Waals surface area contributed by atoms with Crippen LogP contribution in [-0.2, 0) is 11.3 Å². The number of aromatic nitrogens is 3. The van der Waals surface area contributed by atoms with Crippen molar-refractivity contribution in [3.8, 4) is 0 Å². The number of carbonyl (C=O) groups excluding carboxylic acids is 1. The number of furan rings is 1. The van der Waals surface area contributed by atoms with Gasteiger partial charge in [-0.05, 0) is 36.6 Å². The molecule has 3 aromatic rings. The number of hydrazone groups is 1. The summed E-state index contributed by atoms with van der Waals surface area (Å²) in [4.78, 5) is 12.0. The molecule has 0 radical (unpaired) electrons. The van der Waals surface area contributed by atoms with E-state index in [1.165, 1.54) is 12.6 Å². The summed E-state index contributed by atoms with van der Waals surface area (Å²) >= 11 is 0. The Labute approximate surface area is 138 Å². The molecule has 1 saturated carbocycles. The van der Waals surface area contributed by atoms with Gasteiger partial charge >= 0.3 is 0 Å². The molecule has 0 bridgehead atoms. The first-order valence-corrected chi connectivity index (χ1v) is 7.90. The van der Waals surface area contributed by atoms with E-state index < -0.39 is 0 Å². The quantitative estimate of drug-likeness (QED) is 0.576. The largest absolute Gasteiger partial charge is 0.460 e. The summed E-state index contributed by atoms with van der Waals surface area (Å²) in [5.74, 6) is 2.57. The van der Waals surface area contributed by atoms with Gasteiger partial charge in [0.2, 0.25) is 0 Å². The minimum Gasteiger partial charge on any atom is -0.460 e. The van der Waals surface area contributed by atoms with Crippen LogP contribution in [0.5, 0.6) is 0 Å². The molecular formula is C17H17N5O2. The van der Waals surface area contributed by atoms with Crippen LogP contribution >= 0.6 is 0 Å². The van der Waals surface area contributed by atoms with Crippen LogP contribution < -0.4 is 5.43 Å². The topological polar surface area (TPSA) is 85.3 Å². The molecule has 0 unspecified atom stereocenters. The summed E-state index contributed by atoms with van der Waals surface area (Å²) in [6.07, 6.45) is 2.68. The van der Waals surface area contributed by atoms with E-state index in [2.05, 4.69) is 27.8 Å². The fourth-order valence-corrected chi connectivity index (χ4v) is 2.73. The van der Waals surface area contributed by atoms with Gasteiger partial charge in [-0.3, -0.25) is 4.79 Å². The molecule has 1 fully saturated rings. The van der Waals surface area contributed by atoms with E-state index in [9.17, 15) is 4.79 Å². The van der Waals surface area contributed by atoms with E-state index in [-0.39, 0.29) is 12.5 Å². The monoisotopic (exact) mass is 323 g/mol. The number of nitrogens with zero attached hydrogens (tertiary/aromatic N) is 4. The predicted octanol–water partition coefficient (Wildman–Crippen LogP) is 2.30. The van der Waals surface area contributed by atoms with Crippen molar-refractivity contribution in [2.75, 3.05) is 0 Å². The summed E-state index contributed by atoms with van der Waals surface area (Å²) < 4.78 is 7.24. The third-order valence-electron chi connectivity index (χ3n) is 4.22. The van der Waals surface area contributed by atoms with Gasteiger partial charge in [0.05, 0.1) is 11.7 Å². The fourth-order valence-electron chi connectivity index (χ4n) is 2.73. The SMILES string of the molecule is C[C@@H]1C[C@H]1c1ccc(/C=N\NC(=O)Cn2nnc3ccccc32)o1. The van der Waals surface area contributed by atoms with Gasteiger partial charge in [0.1, 0.15) is 23.6 Å². The zero-order chi connectivity index (χ0) is 16.5. The van der Waals surface area contributed by atoms with Crippen LogP contribution in [0.4, 0.5) is 0 Å². The zero-order valence-electron chi connectivity index (χ0n) is 13.2. The van der Waals surface area contributed by atoms with Crippen LogP contribution in [0.15, 0.2) is 45.9 Å². The molecule has 2 atom stereocenters. The Kier molecular flexibility index (Phi) is 3.60. The normalized spacial score (nSPS) is 19.9. The van der Waals surface area contributed by atoms with Gasteiger partial charge in [-0.15, -0.1) is 5.10 Å². The Morgan fingerprint density at radius 3 is 3.08 bits per heavy atom. The Balaban J connectivity index is 1.35. The highest BCUT2D eigenvalue weighted by Gasteiger charge is 2.36. The summed E-state index contributed by atoms with van der Waals surface area (Å²) in [6.45, 7) is 2.26. The fraction of sp³-hybridized carbons (Fsp3) is 0.294. The van der Waals surface area contributed by atoms with Crippen LogP contribution in [0.1, 0.15) is 30.8 Å². The molecule has 2 aromatic heterocycles. The van der Waals surface area contributed by atoms with Crippen LogP contribution in [0.2, 0.25) is 0 Å². The summed E-state index contributed by atoms with van der Waals surface area (Å²) in [5.41, 5.74) is 4.05. The lowest BCUT2D eigenvalue weighted by Crippen LogP contribution is -2.23. The number of benzene rings is 1. The summed E-state index contributed by atoms with van der Waals surface area (Å²) in [5, 5.41) is 11.9. The molecule has 2 heterocycles. The summed E-state index contributed by atoms with van der Waals surface area (Å²) in [6, 6.07) is 11.3. The second kappa shape index (κ2) is 5.92. The zero-order valence-corrected chi connectivity index (χ0v) is 13.2. The molecule has 7 nitrogen and oxygen atoms in total. The molecule has 1 N–H and O–H groups in total. The lowest BCUT2D eigenvalue weighted by Gasteiger charge is -2.00. The van der Waals surface area contributed by atoms with Gasteiger partial charge in [0.15, 0.2) is 0 Å². The van der Waals surface area contributed by atoms with Crippen LogP contribution in [0.25, 0.3) is 11.0 Å². The van der Waals surface area contributed by atoms with Crippen molar-refractivity contribution < 1.29 is 9.21 Å². The highest BCUT2D eigenvalue weighted by molar-refractivity contribution is 5.81. The molecule has 0 aliphatic heterocycles. The lowest BCUT2D eigenvalue weighted by molar-refractivity contribution is -0.121. The molecule has 1 aliphatic carbocycles. The smallest absolute Gasteiger partial charge is 0.261 e. The number of fused-ring (bicyclic) bond motifs is 1. The first kappa shape index (κ1) is 14.6. The van der Waals surface area contributed by atoms with Crippen molar-refractivity contribution in [2.45, 2.75) is 25.8 Å². The molecule has 1 aliphatic rings. The van der Waals surface area contributed by atoms with E-state index in [1.807, 2.05) is 36.4 Å². The maximum atomic E-state index is 12.0. The average Bonchev–Trinajstić information content (AvgIpc) is 2.99. The van der Waals surface area contributed by atoms with Gasteiger partial charge in [-0.2, -0.15) is 5.10 Å². The average molecular weight is 323 g/mol. The highest BCUT2D eigenvalue weighted by Crippen LogP contribution is 2.47. The van der Waals surface area contributed by atoms with Crippen molar-refractivity contribution in [2.24, 2.45) is 11.0 Å². The molecule has 122 valence electrons. The third-order valence-corrected chi connectivity index (χ3v) is 4.22. The van der Waals surface area contributed by atoms with Crippen LogP contribution in [0.3, 0.4) is 0 Å². The van der Waals surface area contributed by atoms with Gasteiger partial charge in [0.25, 0.3) is 5.91 Å². The number of nitrogens with one attached hydrogen (secondary N) is 1. The minimum atomic E-state index is -0.274. The van der Waals surface area contributed by atoms with Crippen molar-refractivity contribution in [3.05, 3.63) is 47.9 Å². The van der Waals surface area contributed by atoms with Gasteiger partial charge in [0, 0.05) is 5.92 Å². The first-order chi connectivity index (χ1) is 11.7. The maximum Gasteiger partial charge on any atom is 0.261 e. The molecule has 0 saturated heterocycles. The number of rotatable bonds is 5. The number of amides is 1. The van der Waals surface area contributed by atoms with Crippen molar-refractivity contribution >= 4 is 23.2 Å². The molecular weight excluding hydrogens is 306 g/mol. The molecule has 4 rings (SSSR count). The van der Waals surface area contributed by atoms with E-state index in [0.717, 1.165) is 16.8 Å². The lowest BCUT2D eigenvalue weighted by atomic mass is 10.3. The number of carbonyl (C=O) groups is 1. The van der Waals surface area contributed by atoms with E-state index in [0.29, 0.717) is 17.6 Å². The van der Waals surface area contributed by atoms with Gasteiger partial charge < -0.3 is 4.42 Å². The molecule has 24 heavy (non-hydrogen) atoms. The second-order valence-electron chi connectivity index (χ2n) is 6.09. The Morgan fingerprint density at radius 1 is 1.42 bits per heavy atom. The third kappa shape index (κ3) is 2.92. The molecule has 7 heteroatoms. The Bertz CT molecular complexity index is 910. The van der Waals surface area contributed by atoms with E-state index >= 15 is 0 Å². The molecule has 1 aromatic carbocycles. The standard InChI is InChI=1S/C17H17N5O2/c1-11-8-13(11)16-7-6-12(24-16)9-18-20-17(23)10-22-15-5-3-2-4-14(15)19-21-22/h2-7,9,11,13H,8,10H2,1H3,(H,20,23)/b18-9-/t11-,13-/m1/s1.